The van der Waals surface area contributed by atoms with Gasteiger partial charge < -0.3 is 15.0 Å². The SMILES string of the molecule is CC1CCN1c1cn[nH]c1[N+](=O)[O-]. The monoisotopic (exact) mass is 182 g/mol. The smallest absolute Gasteiger partial charge is 0.360 e. The molecule has 1 saturated heterocycles. The van der Waals surface area contributed by atoms with Crippen LogP contribution < -0.4 is 4.90 Å². The Hall–Kier alpha value is -1.59. The van der Waals surface area contributed by atoms with Crippen LogP contribution in [0.3, 0.4) is 0 Å². The van der Waals surface area contributed by atoms with Gasteiger partial charge in [-0.3, -0.25) is 0 Å². The summed E-state index contributed by atoms with van der Waals surface area (Å²) in [4.78, 5) is 12.1. The highest BCUT2D eigenvalue weighted by atomic mass is 16.6. The van der Waals surface area contributed by atoms with E-state index < -0.39 is 4.92 Å². The molecule has 0 bridgehead atoms. The lowest BCUT2D eigenvalue weighted by Crippen LogP contribution is -2.45. The number of aromatic nitrogens is 2. The molecule has 1 fully saturated rings. The first-order chi connectivity index (χ1) is 6.20. The van der Waals surface area contributed by atoms with Crippen molar-refractivity contribution in [2.24, 2.45) is 0 Å². The molecule has 1 N–H and O–H groups in total. The van der Waals surface area contributed by atoms with E-state index in [4.69, 9.17) is 0 Å². The quantitative estimate of drug-likeness (QED) is 0.545. The summed E-state index contributed by atoms with van der Waals surface area (Å²) in [5, 5.41) is 16.6. The average molecular weight is 182 g/mol. The highest BCUT2D eigenvalue weighted by molar-refractivity contribution is 5.60. The third kappa shape index (κ3) is 1.14. The summed E-state index contributed by atoms with van der Waals surface area (Å²) in [6, 6.07) is 0.385. The second-order valence-electron chi connectivity index (χ2n) is 3.19. The van der Waals surface area contributed by atoms with E-state index >= 15 is 0 Å². The predicted molar refractivity (Wildman–Crippen MR) is 46.7 cm³/mol. The minimum Gasteiger partial charge on any atom is -0.360 e. The minimum absolute atomic E-state index is 0.00782. The molecule has 0 aliphatic carbocycles. The molecule has 0 aromatic carbocycles. The van der Waals surface area contributed by atoms with Gasteiger partial charge in [-0.05, 0) is 18.3 Å². The van der Waals surface area contributed by atoms with Crippen molar-refractivity contribution >= 4 is 11.5 Å². The van der Waals surface area contributed by atoms with Crippen molar-refractivity contribution in [3.63, 3.8) is 0 Å². The summed E-state index contributed by atoms with van der Waals surface area (Å²) in [5.74, 6) is -0.00782. The number of hydrogen-bond acceptors (Lipinski definition) is 4. The number of nitro groups is 1. The Kier molecular flexibility index (Phi) is 1.68. The van der Waals surface area contributed by atoms with Crippen molar-refractivity contribution in [2.75, 3.05) is 11.4 Å². The number of nitrogens with zero attached hydrogens (tertiary/aromatic N) is 3. The Bertz CT molecular complexity index is 335. The fourth-order valence-electron chi connectivity index (χ4n) is 1.49. The van der Waals surface area contributed by atoms with Gasteiger partial charge in [0.2, 0.25) is 0 Å². The zero-order valence-corrected chi connectivity index (χ0v) is 7.23. The lowest BCUT2D eigenvalue weighted by Gasteiger charge is -2.38. The van der Waals surface area contributed by atoms with Gasteiger partial charge in [0.05, 0.1) is 0 Å². The summed E-state index contributed by atoms with van der Waals surface area (Å²) >= 11 is 0. The van der Waals surface area contributed by atoms with Gasteiger partial charge >= 0.3 is 5.82 Å². The number of H-pyrrole nitrogens is 1. The zero-order valence-electron chi connectivity index (χ0n) is 7.23. The molecule has 1 atom stereocenters. The van der Waals surface area contributed by atoms with E-state index in [1.54, 1.807) is 0 Å². The van der Waals surface area contributed by atoms with Crippen molar-refractivity contribution in [1.29, 1.82) is 0 Å². The molecule has 0 saturated carbocycles. The van der Waals surface area contributed by atoms with Gasteiger partial charge in [0, 0.05) is 12.6 Å². The van der Waals surface area contributed by atoms with Gasteiger partial charge in [-0.25, -0.2) is 0 Å². The van der Waals surface area contributed by atoms with Crippen LogP contribution in [-0.2, 0) is 0 Å². The van der Waals surface area contributed by atoms with Crippen molar-refractivity contribution in [1.82, 2.24) is 10.2 Å². The van der Waals surface area contributed by atoms with E-state index in [-0.39, 0.29) is 5.82 Å². The molecule has 6 nitrogen and oxygen atoms in total. The van der Waals surface area contributed by atoms with Crippen LogP contribution in [0.1, 0.15) is 13.3 Å². The van der Waals surface area contributed by atoms with Gasteiger partial charge in [-0.2, -0.15) is 0 Å². The normalized spacial score (nSPS) is 21.3. The summed E-state index contributed by atoms with van der Waals surface area (Å²) < 4.78 is 0. The highest BCUT2D eigenvalue weighted by Crippen LogP contribution is 2.31. The van der Waals surface area contributed by atoms with E-state index in [1.807, 2.05) is 11.8 Å². The summed E-state index contributed by atoms with van der Waals surface area (Å²) in [7, 11) is 0. The van der Waals surface area contributed by atoms with E-state index in [9.17, 15) is 10.1 Å². The highest BCUT2D eigenvalue weighted by Gasteiger charge is 2.30. The van der Waals surface area contributed by atoms with Crippen LogP contribution in [0, 0.1) is 10.1 Å². The van der Waals surface area contributed by atoms with Crippen LogP contribution in [0.4, 0.5) is 11.5 Å². The maximum Gasteiger partial charge on any atom is 0.366 e. The summed E-state index contributed by atoms with van der Waals surface area (Å²) in [6.07, 6.45) is 2.59. The Labute approximate surface area is 74.7 Å². The number of nitrogens with one attached hydrogen (secondary N) is 1. The predicted octanol–water partition coefficient (Wildman–Crippen LogP) is 0.916. The van der Waals surface area contributed by atoms with Crippen LogP contribution in [-0.4, -0.2) is 27.7 Å². The topological polar surface area (TPSA) is 75.1 Å². The van der Waals surface area contributed by atoms with Crippen LogP contribution >= 0.6 is 0 Å². The molecule has 13 heavy (non-hydrogen) atoms. The molecule has 70 valence electrons. The van der Waals surface area contributed by atoms with Gasteiger partial charge in [-0.1, -0.05) is 5.10 Å². The van der Waals surface area contributed by atoms with E-state index in [0.29, 0.717) is 11.7 Å². The van der Waals surface area contributed by atoms with Crippen LogP contribution in [0.15, 0.2) is 6.20 Å². The Morgan fingerprint density at radius 3 is 3.08 bits per heavy atom. The first-order valence-electron chi connectivity index (χ1n) is 4.14. The number of anilines is 1. The van der Waals surface area contributed by atoms with Crippen LogP contribution in [0.2, 0.25) is 0 Å². The third-order valence-electron chi connectivity index (χ3n) is 2.41. The molecule has 1 aliphatic rings. The Morgan fingerprint density at radius 1 is 1.85 bits per heavy atom. The minimum atomic E-state index is -0.437. The summed E-state index contributed by atoms with van der Waals surface area (Å²) in [6.45, 7) is 2.92. The van der Waals surface area contributed by atoms with Gasteiger partial charge in [0.15, 0.2) is 5.69 Å². The van der Waals surface area contributed by atoms with E-state index in [1.165, 1.54) is 6.20 Å². The van der Waals surface area contributed by atoms with Gasteiger partial charge in [0.25, 0.3) is 0 Å². The van der Waals surface area contributed by atoms with Gasteiger partial charge in [0.1, 0.15) is 6.20 Å². The first-order valence-corrected chi connectivity index (χ1v) is 4.14. The molecule has 6 heteroatoms. The molecular formula is C7H10N4O2. The molecule has 0 spiro atoms. The van der Waals surface area contributed by atoms with Crippen molar-refractivity contribution < 1.29 is 4.92 Å². The average Bonchev–Trinajstić information content (AvgIpc) is 2.50. The molecule has 1 unspecified atom stereocenters. The molecule has 2 heterocycles. The lowest BCUT2D eigenvalue weighted by atomic mass is 10.1. The molecule has 2 rings (SSSR count). The van der Waals surface area contributed by atoms with E-state index in [2.05, 4.69) is 10.2 Å². The fourth-order valence-corrected chi connectivity index (χ4v) is 1.49. The number of rotatable bonds is 2. The largest absolute Gasteiger partial charge is 0.366 e. The maximum atomic E-state index is 10.5. The second-order valence-corrected chi connectivity index (χ2v) is 3.19. The standard InChI is InChI=1S/C7H10N4O2/c1-5-2-3-10(5)6-4-8-9-7(6)11(12)13/h4-5H,2-3H2,1H3,(H,8,9). The van der Waals surface area contributed by atoms with E-state index in [0.717, 1.165) is 13.0 Å². The lowest BCUT2D eigenvalue weighted by molar-refractivity contribution is -0.388. The van der Waals surface area contributed by atoms with Crippen molar-refractivity contribution in [2.45, 2.75) is 19.4 Å². The van der Waals surface area contributed by atoms with Gasteiger partial charge in [-0.15, -0.1) is 5.10 Å². The zero-order chi connectivity index (χ0) is 9.42. The first kappa shape index (κ1) is 8.03. The maximum absolute atomic E-state index is 10.5. The Morgan fingerprint density at radius 2 is 2.62 bits per heavy atom. The second kappa shape index (κ2) is 2.72. The van der Waals surface area contributed by atoms with Crippen LogP contribution in [0.25, 0.3) is 0 Å². The number of hydrogen-bond donors (Lipinski definition) is 1. The molecule has 0 radical (unpaired) electrons. The van der Waals surface area contributed by atoms with Crippen molar-refractivity contribution in [3.05, 3.63) is 16.3 Å². The Balaban J connectivity index is 2.29. The van der Waals surface area contributed by atoms with Crippen LogP contribution in [0.5, 0.6) is 0 Å². The fraction of sp³-hybridized carbons (Fsp3) is 0.571. The van der Waals surface area contributed by atoms with Crippen molar-refractivity contribution in [3.8, 4) is 0 Å². The molecule has 0 amide bonds. The molecular weight excluding hydrogens is 172 g/mol. The molecule has 1 aromatic rings. The number of aromatic amines is 1. The summed E-state index contributed by atoms with van der Waals surface area (Å²) in [5.41, 5.74) is 0.601. The molecule has 1 aromatic heterocycles. The molecule has 1 aliphatic heterocycles. The third-order valence-corrected chi connectivity index (χ3v) is 2.41.